The second kappa shape index (κ2) is 8.92. The quantitative estimate of drug-likeness (QED) is 0.375. The number of benzene rings is 2. The van der Waals surface area contributed by atoms with E-state index >= 15 is 0 Å². The third-order valence-electron chi connectivity index (χ3n) is 3.07. The highest BCUT2D eigenvalue weighted by molar-refractivity contribution is 5.44. The van der Waals surface area contributed by atoms with Crippen molar-refractivity contribution in [2.24, 2.45) is 20.7 Å². The Bertz CT molecular complexity index is 751. The Morgan fingerprint density at radius 2 is 1.19 bits per heavy atom. The first-order valence-corrected chi connectivity index (χ1v) is 7.59. The van der Waals surface area contributed by atoms with E-state index in [0.29, 0.717) is 17.9 Å². The number of nitrogens with zero attached hydrogens (tertiary/aromatic N) is 7. The first kappa shape index (κ1) is 18.6. The van der Waals surface area contributed by atoms with Gasteiger partial charge in [0.05, 0.1) is 27.8 Å². The van der Waals surface area contributed by atoms with Gasteiger partial charge in [-0.25, -0.2) is 0 Å². The molecule has 0 aliphatic rings. The molecule has 0 unspecified atom stereocenters. The molecule has 26 heavy (non-hydrogen) atoms. The van der Waals surface area contributed by atoms with Crippen LogP contribution in [0.2, 0.25) is 0 Å². The molecule has 0 amide bonds. The van der Waals surface area contributed by atoms with Crippen LogP contribution < -0.4 is 0 Å². The molecule has 0 heterocycles. The molecule has 0 aromatic heterocycles. The lowest BCUT2D eigenvalue weighted by atomic mass is 10.3. The van der Waals surface area contributed by atoms with E-state index < -0.39 is 9.85 Å². The zero-order valence-electron chi connectivity index (χ0n) is 13.8. The fraction of sp³-hybridized carbons (Fsp3) is 0.200. The molecule has 2 rings (SSSR count). The van der Waals surface area contributed by atoms with Gasteiger partial charge in [-0.05, 0) is 41.1 Å². The van der Waals surface area contributed by atoms with Crippen molar-refractivity contribution in [1.29, 1.82) is 0 Å². The number of nitro groups is 2. The topological polar surface area (TPSA) is 139 Å². The van der Waals surface area contributed by atoms with Gasteiger partial charge in [-0.1, -0.05) is 6.92 Å². The molecule has 0 aliphatic heterocycles. The number of hydrogen-bond acceptors (Lipinski definition) is 8. The summed E-state index contributed by atoms with van der Waals surface area (Å²) in [4.78, 5) is 20.2. The lowest BCUT2D eigenvalue weighted by molar-refractivity contribution is -0.385. The molecule has 0 atom stereocenters. The third kappa shape index (κ3) is 5.40. The zero-order valence-corrected chi connectivity index (χ0v) is 13.8. The van der Waals surface area contributed by atoms with Gasteiger partial charge in [0.1, 0.15) is 0 Å². The van der Waals surface area contributed by atoms with E-state index in [4.69, 9.17) is 0 Å². The number of rotatable bonds is 8. The molecule has 2 aromatic carbocycles. The third-order valence-corrected chi connectivity index (χ3v) is 3.07. The van der Waals surface area contributed by atoms with Crippen molar-refractivity contribution in [2.75, 3.05) is 6.54 Å². The van der Waals surface area contributed by atoms with Gasteiger partial charge in [0, 0.05) is 24.3 Å². The van der Waals surface area contributed by atoms with Crippen LogP contribution in [0, 0.1) is 20.2 Å². The summed E-state index contributed by atoms with van der Waals surface area (Å²) in [7, 11) is 0. The highest BCUT2D eigenvalue weighted by Gasteiger charge is 2.05. The summed E-state index contributed by atoms with van der Waals surface area (Å²) in [5.41, 5.74) is 0.795. The monoisotopic (exact) mass is 357 g/mol. The predicted molar refractivity (Wildman–Crippen MR) is 92.2 cm³/mol. The van der Waals surface area contributed by atoms with Gasteiger partial charge in [0.15, 0.2) is 0 Å². The first-order chi connectivity index (χ1) is 12.5. The number of non-ortho nitro benzene ring substituents is 2. The van der Waals surface area contributed by atoms with Crippen molar-refractivity contribution in [3.05, 3.63) is 68.8 Å². The highest BCUT2D eigenvalue weighted by atomic mass is 16.6. The summed E-state index contributed by atoms with van der Waals surface area (Å²) < 4.78 is 0. The Morgan fingerprint density at radius 1 is 0.808 bits per heavy atom. The molecule has 2 aromatic rings. The lowest BCUT2D eigenvalue weighted by Gasteiger charge is -2.07. The minimum atomic E-state index is -0.497. The summed E-state index contributed by atoms with van der Waals surface area (Å²) in [5.74, 6) is 0. The van der Waals surface area contributed by atoms with Crippen molar-refractivity contribution >= 4 is 22.7 Å². The van der Waals surface area contributed by atoms with E-state index in [2.05, 4.69) is 20.7 Å². The molecule has 0 bridgehead atoms. The van der Waals surface area contributed by atoms with E-state index in [1.807, 2.05) is 6.92 Å². The van der Waals surface area contributed by atoms with Crippen LogP contribution in [0.5, 0.6) is 0 Å². The normalized spacial score (nSPS) is 11.1. The number of nitro benzene ring substituents is 2. The smallest absolute Gasteiger partial charge is 0.258 e. The summed E-state index contributed by atoms with van der Waals surface area (Å²) in [6.07, 6.45) is 0.735. The maximum atomic E-state index is 10.6. The van der Waals surface area contributed by atoms with Crippen LogP contribution in [0.4, 0.5) is 22.7 Å². The molecule has 0 spiro atoms. The van der Waals surface area contributed by atoms with E-state index in [0.717, 1.165) is 6.42 Å². The molecule has 0 radical (unpaired) electrons. The predicted octanol–water partition coefficient (Wildman–Crippen LogP) is 4.91. The maximum Gasteiger partial charge on any atom is 0.269 e. The molecule has 11 nitrogen and oxygen atoms in total. The molecule has 0 fully saturated rings. The summed E-state index contributed by atoms with van der Waals surface area (Å²) in [6.45, 7) is 2.38. The Hall–Kier alpha value is -3.76. The van der Waals surface area contributed by atoms with Gasteiger partial charge >= 0.3 is 0 Å². The van der Waals surface area contributed by atoms with Gasteiger partial charge in [0.2, 0.25) is 0 Å². The summed E-state index contributed by atoms with van der Waals surface area (Å²) >= 11 is 0. The van der Waals surface area contributed by atoms with Crippen LogP contribution in [0.15, 0.2) is 69.2 Å². The SMILES string of the molecule is CCCN(N=Nc1ccc([N+](=O)[O-])cc1)N=Nc1ccc([N+](=O)[O-])cc1. The van der Waals surface area contributed by atoms with Crippen LogP contribution in [0.3, 0.4) is 0 Å². The van der Waals surface area contributed by atoms with Crippen LogP contribution >= 0.6 is 0 Å². The molecular weight excluding hydrogens is 342 g/mol. The van der Waals surface area contributed by atoms with Gasteiger partial charge in [-0.3, -0.25) is 20.2 Å². The Balaban J connectivity index is 2.07. The summed E-state index contributed by atoms with van der Waals surface area (Å²) in [6, 6.07) is 11.2. The van der Waals surface area contributed by atoms with Gasteiger partial charge in [-0.15, -0.1) is 15.3 Å². The molecule has 11 heteroatoms. The van der Waals surface area contributed by atoms with Gasteiger partial charge in [-0.2, -0.15) is 0 Å². The van der Waals surface area contributed by atoms with Gasteiger partial charge < -0.3 is 0 Å². The lowest BCUT2D eigenvalue weighted by Crippen LogP contribution is -2.09. The van der Waals surface area contributed by atoms with Crippen molar-refractivity contribution in [3.8, 4) is 0 Å². The Kier molecular flexibility index (Phi) is 6.37. The maximum absolute atomic E-state index is 10.6. The Labute approximate surface area is 147 Å². The second-order valence-electron chi connectivity index (χ2n) is 5.02. The molecular formula is C15H15N7O4. The largest absolute Gasteiger partial charge is 0.269 e. The zero-order chi connectivity index (χ0) is 18.9. The average Bonchev–Trinajstić information content (AvgIpc) is 2.64. The van der Waals surface area contributed by atoms with Crippen molar-refractivity contribution in [1.82, 2.24) is 5.12 Å². The summed E-state index contributed by atoms with van der Waals surface area (Å²) in [5, 5.41) is 38.3. The van der Waals surface area contributed by atoms with Crippen LogP contribution in [-0.2, 0) is 0 Å². The molecule has 0 aliphatic carbocycles. The van der Waals surface area contributed by atoms with Crippen LogP contribution in [0.25, 0.3) is 0 Å². The Morgan fingerprint density at radius 3 is 1.50 bits per heavy atom. The van der Waals surface area contributed by atoms with E-state index in [9.17, 15) is 20.2 Å². The van der Waals surface area contributed by atoms with Crippen molar-refractivity contribution in [3.63, 3.8) is 0 Å². The highest BCUT2D eigenvalue weighted by Crippen LogP contribution is 2.20. The van der Waals surface area contributed by atoms with Crippen molar-refractivity contribution in [2.45, 2.75) is 13.3 Å². The van der Waals surface area contributed by atoms with E-state index in [1.54, 1.807) is 0 Å². The molecule has 0 saturated heterocycles. The van der Waals surface area contributed by atoms with Crippen LogP contribution in [-0.4, -0.2) is 21.5 Å². The second-order valence-corrected chi connectivity index (χ2v) is 5.02. The average molecular weight is 357 g/mol. The first-order valence-electron chi connectivity index (χ1n) is 7.59. The van der Waals surface area contributed by atoms with Crippen molar-refractivity contribution < 1.29 is 9.85 Å². The minimum Gasteiger partial charge on any atom is -0.258 e. The molecule has 0 N–H and O–H groups in total. The van der Waals surface area contributed by atoms with E-state index in [-0.39, 0.29) is 11.4 Å². The van der Waals surface area contributed by atoms with E-state index in [1.165, 1.54) is 53.6 Å². The minimum absolute atomic E-state index is 0.0350. The number of hydrogen-bond donors (Lipinski definition) is 0. The van der Waals surface area contributed by atoms with Gasteiger partial charge in [0.25, 0.3) is 11.4 Å². The van der Waals surface area contributed by atoms with Crippen LogP contribution in [0.1, 0.15) is 13.3 Å². The molecule has 134 valence electrons. The fourth-order valence-electron chi connectivity index (χ4n) is 1.80. The fourth-order valence-corrected chi connectivity index (χ4v) is 1.80. The molecule has 0 saturated carbocycles. The standard InChI is InChI=1S/C15H15N7O4/c1-2-11-20(18-16-12-3-7-14(8-4-12)21(23)24)19-17-13-5-9-15(10-6-13)22(25)26/h3-10H,2,11H2,1H3.